The van der Waals surface area contributed by atoms with Crippen molar-refractivity contribution in [3.8, 4) is 5.75 Å². The molecule has 0 amide bonds. The van der Waals surface area contributed by atoms with Crippen molar-refractivity contribution in [1.82, 2.24) is 5.32 Å². The van der Waals surface area contributed by atoms with Gasteiger partial charge in [0.25, 0.3) is 0 Å². The van der Waals surface area contributed by atoms with Gasteiger partial charge in [-0.15, -0.1) is 0 Å². The smallest absolute Gasteiger partial charge is 0.121 e. The van der Waals surface area contributed by atoms with Gasteiger partial charge in [-0.1, -0.05) is 38.3 Å². The molecule has 2 rings (SSSR count). The van der Waals surface area contributed by atoms with Gasteiger partial charge in [0.15, 0.2) is 0 Å². The Balaban J connectivity index is 1.92. The summed E-state index contributed by atoms with van der Waals surface area (Å²) in [5.74, 6) is 1.85. The Bertz CT molecular complexity index is 402. The highest BCUT2D eigenvalue weighted by atomic mass is 16.5. The monoisotopic (exact) mass is 261 g/mol. The van der Waals surface area contributed by atoms with Gasteiger partial charge in [-0.3, -0.25) is 0 Å². The van der Waals surface area contributed by atoms with Crippen molar-refractivity contribution in [2.75, 3.05) is 7.11 Å². The van der Waals surface area contributed by atoms with E-state index in [-0.39, 0.29) is 0 Å². The second-order valence-corrected chi connectivity index (χ2v) is 5.74. The molecule has 1 aliphatic rings. The third-order valence-corrected chi connectivity index (χ3v) is 4.46. The molecule has 1 aromatic rings. The van der Waals surface area contributed by atoms with Crippen LogP contribution in [0.4, 0.5) is 0 Å². The molecule has 0 bridgehead atoms. The molecule has 0 spiro atoms. The Hall–Kier alpha value is -1.02. The first-order valence-corrected chi connectivity index (χ1v) is 7.61. The number of nitrogens with one attached hydrogen (secondary N) is 1. The molecular formula is C17H27NO. The highest BCUT2D eigenvalue weighted by Gasteiger charge is 2.22. The highest BCUT2D eigenvalue weighted by Crippen LogP contribution is 2.27. The van der Waals surface area contributed by atoms with Crippen LogP contribution in [0.3, 0.4) is 0 Å². The van der Waals surface area contributed by atoms with Crippen LogP contribution in [-0.4, -0.2) is 13.2 Å². The zero-order valence-electron chi connectivity index (χ0n) is 12.5. The third-order valence-electron chi connectivity index (χ3n) is 4.46. The largest absolute Gasteiger partial charge is 0.496 e. The fourth-order valence-electron chi connectivity index (χ4n) is 3.26. The van der Waals surface area contributed by atoms with Gasteiger partial charge in [-0.2, -0.15) is 0 Å². The van der Waals surface area contributed by atoms with Crippen molar-refractivity contribution in [2.45, 2.75) is 58.5 Å². The summed E-state index contributed by atoms with van der Waals surface area (Å²) in [6.45, 7) is 5.41. The first kappa shape index (κ1) is 14.4. The minimum atomic E-state index is 0.709. The molecule has 1 N–H and O–H groups in total. The topological polar surface area (TPSA) is 21.3 Å². The van der Waals surface area contributed by atoms with Crippen LogP contribution < -0.4 is 10.1 Å². The Morgan fingerprint density at radius 2 is 2.05 bits per heavy atom. The van der Waals surface area contributed by atoms with E-state index >= 15 is 0 Å². The quantitative estimate of drug-likeness (QED) is 0.863. The molecule has 0 heterocycles. The summed E-state index contributed by atoms with van der Waals surface area (Å²) < 4.78 is 5.31. The first-order valence-electron chi connectivity index (χ1n) is 7.61. The number of hydrogen-bond donors (Lipinski definition) is 1. The minimum absolute atomic E-state index is 0.709. The van der Waals surface area contributed by atoms with E-state index in [1.54, 1.807) is 7.11 Å². The van der Waals surface area contributed by atoms with Crippen molar-refractivity contribution in [3.05, 3.63) is 29.3 Å². The number of benzene rings is 1. The lowest BCUT2D eigenvalue weighted by Crippen LogP contribution is -2.37. The molecule has 0 aromatic heterocycles. The van der Waals surface area contributed by atoms with Crippen LogP contribution in [0, 0.1) is 12.8 Å². The van der Waals surface area contributed by atoms with Crippen LogP contribution in [0.25, 0.3) is 0 Å². The van der Waals surface area contributed by atoms with E-state index in [0.717, 1.165) is 18.2 Å². The number of rotatable bonds is 5. The maximum atomic E-state index is 5.31. The molecule has 19 heavy (non-hydrogen) atoms. The molecule has 1 aliphatic carbocycles. The molecule has 2 atom stereocenters. The van der Waals surface area contributed by atoms with Crippen molar-refractivity contribution >= 4 is 0 Å². The number of methoxy groups -OCH3 is 1. The molecule has 0 saturated heterocycles. The second-order valence-electron chi connectivity index (χ2n) is 5.74. The number of hydrogen-bond acceptors (Lipinski definition) is 2. The Morgan fingerprint density at radius 1 is 1.26 bits per heavy atom. The maximum absolute atomic E-state index is 5.31. The van der Waals surface area contributed by atoms with Crippen LogP contribution in [0.1, 0.15) is 50.2 Å². The Kier molecular flexibility index (Phi) is 5.26. The van der Waals surface area contributed by atoms with E-state index in [1.165, 1.54) is 43.2 Å². The lowest BCUT2D eigenvalue weighted by molar-refractivity contribution is 0.254. The molecule has 2 nitrogen and oxygen atoms in total. The van der Waals surface area contributed by atoms with Crippen molar-refractivity contribution in [1.29, 1.82) is 0 Å². The van der Waals surface area contributed by atoms with Crippen LogP contribution in [0.5, 0.6) is 5.75 Å². The third kappa shape index (κ3) is 3.73. The molecule has 1 aromatic carbocycles. The predicted molar refractivity (Wildman–Crippen MR) is 80.6 cm³/mol. The summed E-state index contributed by atoms with van der Waals surface area (Å²) in [7, 11) is 1.73. The molecular weight excluding hydrogens is 234 g/mol. The van der Waals surface area contributed by atoms with Crippen LogP contribution in [-0.2, 0) is 6.54 Å². The van der Waals surface area contributed by atoms with E-state index in [9.17, 15) is 0 Å². The number of ether oxygens (including phenoxy) is 1. The molecule has 2 unspecified atom stereocenters. The van der Waals surface area contributed by atoms with Gasteiger partial charge in [0, 0.05) is 12.6 Å². The van der Waals surface area contributed by atoms with Gasteiger partial charge in [0.1, 0.15) is 5.75 Å². The molecule has 0 aliphatic heterocycles. The van der Waals surface area contributed by atoms with Crippen molar-refractivity contribution < 1.29 is 4.74 Å². The SMILES string of the molecule is CCC1CCCCC1NCc1ccc(OC)c(C)c1. The number of aryl methyl sites for hydroxylation is 1. The van der Waals surface area contributed by atoms with Crippen molar-refractivity contribution in [2.24, 2.45) is 5.92 Å². The Morgan fingerprint density at radius 3 is 2.74 bits per heavy atom. The van der Waals surface area contributed by atoms with Gasteiger partial charge in [0.2, 0.25) is 0 Å². The molecule has 1 saturated carbocycles. The second kappa shape index (κ2) is 6.95. The zero-order valence-corrected chi connectivity index (χ0v) is 12.5. The normalized spacial score (nSPS) is 23.3. The zero-order chi connectivity index (χ0) is 13.7. The fraction of sp³-hybridized carbons (Fsp3) is 0.647. The van der Waals surface area contributed by atoms with Gasteiger partial charge >= 0.3 is 0 Å². The van der Waals surface area contributed by atoms with Gasteiger partial charge < -0.3 is 10.1 Å². The lowest BCUT2D eigenvalue weighted by atomic mass is 9.83. The van der Waals surface area contributed by atoms with E-state index < -0.39 is 0 Å². The van der Waals surface area contributed by atoms with Gasteiger partial charge in [0.05, 0.1) is 7.11 Å². The first-order chi connectivity index (χ1) is 9.24. The highest BCUT2D eigenvalue weighted by molar-refractivity contribution is 5.36. The summed E-state index contributed by atoms with van der Waals surface area (Å²) in [6, 6.07) is 7.18. The van der Waals surface area contributed by atoms with E-state index in [4.69, 9.17) is 4.74 Å². The van der Waals surface area contributed by atoms with E-state index in [2.05, 4.69) is 37.4 Å². The van der Waals surface area contributed by atoms with Gasteiger partial charge in [-0.05, 0) is 42.9 Å². The summed E-state index contributed by atoms with van der Waals surface area (Å²) in [6.07, 6.45) is 6.84. The van der Waals surface area contributed by atoms with Gasteiger partial charge in [-0.25, -0.2) is 0 Å². The van der Waals surface area contributed by atoms with Crippen molar-refractivity contribution in [3.63, 3.8) is 0 Å². The molecule has 0 radical (unpaired) electrons. The average Bonchev–Trinajstić information content (AvgIpc) is 2.45. The average molecular weight is 261 g/mol. The van der Waals surface area contributed by atoms with E-state index in [1.807, 2.05) is 0 Å². The fourth-order valence-corrected chi connectivity index (χ4v) is 3.26. The summed E-state index contributed by atoms with van der Waals surface area (Å²) >= 11 is 0. The summed E-state index contributed by atoms with van der Waals surface area (Å²) in [5, 5.41) is 3.76. The summed E-state index contributed by atoms with van der Waals surface area (Å²) in [5.41, 5.74) is 2.58. The van der Waals surface area contributed by atoms with Crippen LogP contribution in [0.2, 0.25) is 0 Å². The van der Waals surface area contributed by atoms with Crippen LogP contribution >= 0.6 is 0 Å². The predicted octanol–water partition coefficient (Wildman–Crippen LogP) is 4.06. The molecule has 2 heteroatoms. The lowest BCUT2D eigenvalue weighted by Gasteiger charge is -2.31. The Labute approximate surface area is 117 Å². The maximum Gasteiger partial charge on any atom is 0.121 e. The van der Waals surface area contributed by atoms with Crippen LogP contribution in [0.15, 0.2) is 18.2 Å². The summed E-state index contributed by atoms with van der Waals surface area (Å²) in [4.78, 5) is 0. The standard InChI is InChI=1S/C17H27NO/c1-4-15-7-5-6-8-16(15)18-12-14-9-10-17(19-3)13(2)11-14/h9-11,15-16,18H,4-8,12H2,1-3H3. The molecule has 1 fully saturated rings. The van der Waals surface area contributed by atoms with E-state index in [0.29, 0.717) is 6.04 Å². The minimum Gasteiger partial charge on any atom is -0.496 e. The molecule has 106 valence electrons.